The standard InChI is InChI=1S/C34H37FN6O2/c1-21-9-27(35)8-7-25(21)10-24-12-30-32(38-14-24)34(3,4)20-41(30)31(42)19-39-16-22(2)37-15-28(39)18-40-17-26-6-5-23(13-36)11-29(26)33(40)43/h5-9,11-12,14,22,28,37H,10,15-20H2,1-4H3/t22-,28-/m1/s1. The molecule has 43 heavy (non-hydrogen) atoms. The molecule has 0 bridgehead atoms. The van der Waals surface area contributed by atoms with Gasteiger partial charge in [-0.15, -0.1) is 0 Å². The van der Waals surface area contributed by atoms with Crippen LogP contribution in [0, 0.1) is 24.1 Å². The fraction of sp³-hybridized carbons (Fsp3) is 0.412. The maximum atomic E-state index is 14.0. The zero-order valence-corrected chi connectivity index (χ0v) is 25.2. The summed E-state index contributed by atoms with van der Waals surface area (Å²) < 4.78 is 13.7. The van der Waals surface area contributed by atoms with E-state index in [1.54, 1.807) is 12.1 Å². The Morgan fingerprint density at radius 1 is 1.21 bits per heavy atom. The van der Waals surface area contributed by atoms with E-state index in [9.17, 15) is 19.2 Å². The number of nitrogens with one attached hydrogen (secondary N) is 1. The highest BCUT2D eigenvalue weighted by Gasteiger charge is 2.41. The number of rotatable bonds is 6. The Balaban J connectivity index is 1.20. The van der Waals surface area contributed by atoms with Gasteiger partial charge in [0, 0.05) is 62.0 Å². The van der Waals surface area contributed by atoms with Crippen LogP contribution in [0.15, 0.2) is 48.7 Å². The number of nitriles is 1. The predicted molar refractivity (Wildman–Crippen MR) is 162 cm³/mol. The number of hydrogen-bond donors (Lipinski definition) is 1. The number of pyridine rings is 1. The third-order valence-corrected chi connectivity index (χ3v) is 9.02. The minimum absolute atomic E-state index is 0.0116. The van der Waals surface area contributed by atoms with Gasteiger partial charge in [0.05, 0.1) is 29.6 Å². The van der Waals surface area contributed by atoms with Gasteiger partial charge in [-0.25, -0.2) is 4.39 Å². The lowest BCUT2D eigenvalue weighted by Gasteiger charge is -2.41. The van der Waals surface area contributed by atoms with Crippen LogP contribution >= 0.6 is 0 Å². The number of piperazine rings is 1. The van der Waals surface area contributed by atoms with Crippen LogP contribution in [-0.4, -0.2) is 71.4 Å². The molecule has 1 N–H and O–H groups in total. The number of fused-ring (bicyclic) bond motifs is 2. The lowest BCUT2D eigenvalue weighted by molar-refractivity contribution is -0.120. The molecular formula is C34H37FN6O2. The maximum absolute atomic E-state index is 14.0. The van der Waals surface area contributed by atoms with Crippen molar-refractivity contribution in [3.63, 3.8) is 0 Å². The fourth-order valence-electron chi connectivity index (χ4n) is 6.67. The van der Waals surface area contributed by atoms with Gasteiger partial charge in [-0.1, -0.05) is 26.0 Å². The molecule has 0 radical (unpaired) electrons. The number of aryl methyl sites for hydroxylation is 1. The molecule has 0 saturated carbocycles. The molecule has 1 aromatic heterocycles. The van der Waals surface area contributed by atoms with Gasteiger partial charge in [0.1, 0.15) is 5.82 Å². The van der Waals surface area contributed by atoms with Gasteiger partial charge in [0.15, 0.2) is 0 Å². The molecule has 3 aliphatic heterocycles. The van der Waals surface area contributed by atoms with Gasteiger partial charge in [0.25, 0.3) is 5.91 Å². The maximum Gasteiger partial charge on any atom is 0.254 e. The summed E-state index contributed by atoms with van der Waals surface area (Å²) in [7, 11) is 0. The number of carbonyl (C=O) groups is 2. The molecule has 3 aromatic rings. The SMILES string of the molecule is Cc1cc(F)ccc1Cc1cnc2c(c1)N(C(=O)CN1C[C@@H](C)NC[C@@H]1CN1Cc3ccc(C#N)cc3C1=O)CC2(C)C. The number of halogens is 1. The average molecular weight is 581 g/mol. The van der Waals surface area contributed by atoms with Crippen LogP contribution in [0.4, 0.5) is 10.1 Å². The van der Waals surface area contributed by atoms with E-state index in [1.807, 2.05) is 35.1 Å². The Labute approximate surface area is 252 Å². The second-order valence-electron chi connectivity index (χ2n) is 12.9. The number of amides is 2. The predicted octanol–water partition coefficient (Wildman–Crippen LogP) is 3.93. The number of nitrogens with zero attached hydrogens (tertiary/aromatic N) is 5. The number of hydrogen-bond acceptors (Lipinski definition) is 6. The summed E-state index contributed by atoms with van der Waals surface area (Å²) in [6.07, 6.45) is 2.48. The Hall–Kier alpha value is -4.13. The minimum atomic E-state index is -0.290. The highest BCUT2D eigenvalue weighted by Crippen LogP contribution is 2.40. The first kappa shape index (κ1) is 29.0. The molecule has 2 atom stereocenters. The Bertz CT molecular complexity index is 1650. The van der Waals surface area contributed by atoms with Crippen molar-refractivity contribution in [2.45, 2.75) is 58.2 Å². The first-order valence-electron chi connectivity index (χ1n) is 14.9. The van der Waals surface area contributed by atoms with Crippen LogP contribution in [0.2, 0.25) is 0 Å². The number of anilines is 1. The molecule has 2 amide bonds. The molecule has 8 nitrogen and oxygen atoms in total. The van der Waals surface area contributed by atoms with Crippen molar-refractivity contribution < 1.29 is 14.0 Å². The molecule has 0 unspecified atom stereocenters. The summed E-state index contributed by atoms with van der Waals surface area (Å²) in [4.78, 5) is 37.9. The Kier molecular flexibility index (Phi) is 7.53. The molecule has 2 aromatic carbocycles. The molecule has 0 spiro atoms. The zero-order valence-electron chi connectivity index (χ0n) is 25.2. The van der Waals surface area contributed by atoms with Gasteiger partial charge >= 0.3 is 0 Å². The lowest BCUT2D eigenvalue weighted by atomic mass is 9.91. The Morgan fingerprint density at radius 2 is 2.02 bits per heavy atom. The van der Waals surface area contributed by atoms with E-state index in [2.05, 4.69) is 43.1 Å². The molecule has 4 heterocycles. The largest absolute Gasteiger partial charge is 0.333 e. The van der Waals surface area contributed by atoms with E-state index in [0.717, 1.165) is 33.6 Å². The molecule has 3 aliphatic rings. The van der Waals surface area contributed by atoms with Crippen LogP contribution in [0.5, 0.6) is 0 Å². The van der Waals surface area contributed by atoms with E-state index in [4.69, 9.17) is 4.98 Å². The van der Waals surface area contributed by atoms with Crippen LogP contribution in [-0.2, 0) is 23.2 Å². The van der Waals surface area contributed by atoms with E-state index < -0.39 is 0 Å². The summed E-state index contributed by atoms with van der Waals surface area (Å²) in [5.74, 6) is -0.307. The monoisotopic (exact) mass is 580 g/mol. The number of aromatic nitrogens is 1. The van der Waals surface area contributed by atoms with Crippen LogP contribution in [0.3, 0.4) is 0 Å². The van der Waals surface area contributed by atoms with Gasteiger partial charge < -0.3 is 15.1 Å². The van der Waals surface area contributed by atoms with Crippen molar-refractivity contribution >= 4 is 17.5 Å². The van der Waals surface area contributed by atoms with E-state index in [1.165, 1.54) is 12.1 Å². The third-order valence-electron chi connectivity index (χ3n) is 9.02. The quantitative estimate of drug-likeness (QED) is 0.475. The van der Waals surface area contributed by atoms with Crippen molar-refractivity contribution in [2.75, 3.05) is 37.6 Å². The van der Waals surface area contributed by atoms with Gasteiger partial charge in [0.2, 0.25) is 5.91 Å². The van der Waals surface area contributed by atoms with E-state index in [-0.39, 0.29) is 41.7 Å². The molecule has 6 rings (SSSR count). The first-order valence-corrected chi connectivity index (χ1v) is 14.9. The minimum Gasteiger partial charge on any atom is -0.333 e. The lowest BCUT2D eigenvalue weighted by Crippen LogP contribution is -2.60. The second-order valence-corrected chi connectivity index (χ2v) is 12.9. The van der Waals surface area contributed by atoms with Crippen molar-refractivity contribution in [3.8, 4) is 6.07 Å². The fourth-order valence-corrected chi connectivity index (χ4v) is 6.67. The Morgan fingerprint density at radius 3 is 2.79 bits per heavy atom. The van der Waals surface area contributed by atoms with Crippen molar-refractivity contribution in [2.24, 2.45) is 0 Å². The molecule has 222 valence electrons. The smallest absolute Gasteiger partial charge is 0.254 e. The molecule has 1 fully saturated rings. The average Bonchev–Trinajstić information content (AvgIpc) is 3.43. The van der Waals surface area contributed by atoms with Crippen LogP contribution < -0.4 is 10.2 Å². The summed E-state index contributed by atoms with van der Waals surface area (Å²) in [6, 6.07) is 14.5. The molecule has 1 saturated heterocycles. The zero-order chi connectivity index (χ0) is 30.5. The number of benzene rings is 2. The summed E-state index contributed by atoms with van der Waals surface area (Å²) in [6.45, 7) is 11.4. The third kappa shape index (κ3) is 5.65. The summed E-state index contributed by atoms with van der Waals surface area (Å²) in [5, 5.41) is 12.8. The van der Waals surface area contributed by atoms with Crippen molar-refractivity contribution in [1.29, 1.82) is 5.26 Å². The summed E-state index contributed by atoms with van der Waals surface area (Å²) in [5.41, 5.74) is 6.34. The topological polar surface area (TPSA) is 92.6 Å². The normalized spacial score (nSPS) is 21.1. The molecule has 9 heteroatoms. The van der Waals surface area contributed by atoms with Crippen LogP contribution in [0.25, 0.3) is 0 Å². The highest BCUT2D eigenvalue weighted by atomic mass is 19.1. The number of carbonyl (C=O) groups excluding carboxylic acids is 2. The molecule has 0 aliphatic carbocycles. The van der Waals surface area contributed by atoms with Gasteiger partial charge in [-0.2, -0.15) is 5.26 Å². The van der Waals surface area contributed by atoms with Gasteiger partial charge in [-0.3, -0.25) is 19.5 Å². The van der Waals surface area contributed by atoms with Crippen LogP contribution in [0.1, 0.15) is 64.6 Å². The highest BCUT2D eigenvalue weighted by molar-refractivity contribution is 5.99. The van der Waals surface area contributed by atoms with Gasteiger partial charge in [-0.05, 0) is 72.9 Å². The van der Waals surface area contributed by atoms with Crippen molar-refractivity contribution in [1.82, 2.24) is 20.1 Å². The second kappa shape index (κ2) is 11.2. The summed E-state index contributed by atoms with van der Waals surface area (Å²) >= 11 is 0. The van der Waals surface area contributed by atoms with E-state index in [0.29, 0.717) is 50.3 Å². The first-order chi connectivity index (χ1) is 20.5. The van der Waals surface area contributed by atoms with Crippen molar-refractivity contribution in [3.05, 3.63) is 93.6 Å². The van der Waals surface area contributed by atoms with E-state index >= 15 is 0 Å². The molecular weight excluding hydrogens is 543 g/mol.